The molecule has 29 heavy (non-hydrogen) atoms. The summed E-state index contributed by atoms with van der Waals surface area (Å²) in [5.41, 5.74) is 1.04. The summed E-state index contributed by atoms with van der Waals surface area (Å²) in [6, 6.07) is 16.8. The SMILES string of the molecule is COc1ccccc1NC(=O)COc1ccc(N(C)S(=O)(=O)c2cccs2)cc1. The highest BCUT2D eigenvalue weighted by atomic mass is 32.2. The van der Waals surface area contributed by atoms with Gasteiger partial charge in [0.15, 0.2) is 6.61 Å². The molecule has 1 heterocycles. The van der Waals surface area contributed by atoms with Gasteiger partial charge in [0, 0.05) is 7.05 Å². The summed E-state index contributed by atoms with van der Waals surface area (Å²) < 4.78 is 37.3. The Labute approximate surface area is 173 Å². The molecule has 0 radical (unpaired) electrons. The van der Waals surface area contributed by atoms with E-state index in [9.17, 15) is 13.2 Å². The van der Waals surface area contributed by atoms with Crippen LogP contribution in [0.3, 0.4) is 0 Å². The zero-order valence-electron chi connectivity index (χ0n) is 15.9. The standard InChI is InChI=1S/C20H20N2O5S2/c1-22(29(24,25)20-8-5-13-28-20)15-9-11-16(12-10-15)27-14-19(23)21-17-6-3-4-7-18(17)26-2/h3-13H,14H2,1-2H3,(H,21,23). The number of anilines is 2. The molecule has 2 aromatic carbocycles. The van der Waals surface area contributed by atoms with Crippen LogP contribution >= 0.6 is 11.3 Å². The van der Waals surface area contributed by atoms with Crippen LogP contribution in [0.1, 0.15) is 0 Å². The van der Waals surface area contributed by atoms with E-state index in [1.807, 2.05) is 6.07 Å². The number of sulfonamides is 1. The zero-order valence-corrected chi connectivity index (χ0v) is 17.5. The van der Waals surface area contributed by atoms with Crippen LogP contribution in [0, 0.1) is 0 Å². The monoisotopic (exact) mass is 432 g/mol. The maximum atomic E-state index is 12.6. The Balaban J connectivity index is 1.60. The second-order valence-electron chi connectivity index (χ2n) is 5.94. The largest absolute Gasteiger partial charge is 0.495 e. The Morgan fingerprint density at radius 3 is 2.45 bits per heavy atom. The first kappa shape index (κ1) is 20.7. The minimum Gasteiger partial charge on any atom is -0.495 e. The van der Waals surface area contributed by atoms with Gasteiger partial charge in [-0.05, 0) is 47.8 Å². The van der Waals surface area contributed by atoms with Crippen molar-refractivity contribution < 1.29 is 22.7 Å². The first-order valence-corrected chi connectivity index (χ1v) is 10.9. The lowest BCUT2D eigenvalue weighted by atomic mass is 10.3. The number of methoxy groups -OCH3 is 1. The second-order valence-corrected chi connectivity index (χ2v) is 9.08. The summed E-state index contributed by atoms with van der Waals surface area (Å²) in [5, 5.41) is 4.44. The van der Waals surface area contributed by atoms with Gasteiger partial charge in [-0.15, -0.1) is 11.3 Å². The number of hydrogen-bond acceptors (Lipinski definition) is 6. The van der Waals surface area contributed by atoms with Crippen molar-refractivity contribution >= 4 is 38.6 Å². The predicted octanol–water partition coefficient (Wildman–Crippen LogP) is 3.60. The fourth-order valence-electron chi connectivity index (χ4n) is 2.52. The molecule has 0 saturated heterocycles. The Hall–Kier alpha value is -3.04. The molecular formula is C20H20N2O5S2. The van der Waals surface area contributed by atoms with E-state index in [-0.39, 0.29) is 16.7 Å². The summed E-state index contributed by atoms with van der Waals surface area (Å²) in [6.07, 6.45) is 0. The van der Waals surface area contributed by atoms with Crippen molar-refractivity contribution in [3.63, 3.8) is 0 Å². The third kappa shape index (κ3) is 4.87. The van der Waals surface area contributed by atoms with E-state index in [1.165, 1.54) is 18.5 Å². The molecule has 3 aromatic rings. The van der Waals surface area contributed by atoms with E-state index in [0.29, 0.717) is 22.9 Å². The molecular weight excluding hydrogens is 412 g/mol. The van der Waals surface area contributed by atoms with Crippen LogP contribution in [-0.4, -0.2) is 35.1 Å². The Morgan fingerprint density at radius 2 is 1.79 bits per heavy atom. The maximum Gasteiger partial charge on any atom is 0.273 e. The molecule has 152 valence electrons. The highest BCUT2D eigenvalue weighted by molar-refractivity contribution is 7.94. The van der Waals surface area contributed by atoms with E-state index < -0.39 is 10.0 Å². The first-order valence-electron chi connectivity index (χ1n) is 8.60. The topological polar surface area (TPSA) is 84.9 Å². The van der Waals surface area contributed by atoms with Gasteiger partial charge in [0.05, 0.1) is 18.5 Å². The van der Waals surface area contributed by atoms with Gasteiger partial charge in [-0.2, -0.15) is 0 Å². The molecule has 0 aliphatic heterocycles. The number of nitrogens with one attached hydrogen (secondary N) is 1. The van der Waals surface area contributed by atoms with Crippen molar-refractivity contribution in [1.82, 2.24) is 0 Å². The number of carbonyl (C=O) groups is 1. The van der Waals surface area contributed by atoms with Crippen LogP contribution in [0.15, 0.2) is 70.3 Å². The molecule has 0 unspecified atom stereocenters. The van der Waals surface area contributed by atoms with E-state index >= 15 is 0 Å². The summed E-state index contributed by atoms with van der Waals surface area (Å²) in [4.78, 5) is 12.1. The van der Waals surface area contributed by atoms with Gasteiger partial charge in [-0.3, -0.25) is 9.10 Å². The average Bonchev–Trinajstić information content (AvgIpc) is 3.28. The van der Waals surface area contributed by atoms with Crippen molar-refractivity contribution in [1.29, 1.82) is 0 Å². The van der Waals surface area contributed by atoms with E-state index in [1.54, 1.807) is 60.0 Å². The molecule has 0 aliphatic rings. The summed E-state index contributed by atoms with van der Waals surface area (Å²) >= 11 is 1.16. The van der Waals surface area contributed by atoms with E-state index in [2.05, 4.69) is 5.32 Å². The number of rotatable bonds is 8. The fraction of sp³-hybridized carbons (Fsp3) is 0.150. The van der Waals surface area contributed by atoms with Gasteiger partial charge >= 0.3 is 0 Å². The lowest BCUT2D eigenvalue weighted by molar-refractivity contribution is -0.118. The normalized spacial score (nSPS) is 11.0. The molecule has 9 heteroatoms. The van der Waals surface area contributed by atoms with Crippen LogP contribution in [0.5, 0.6) is 11.5 Å². The number of para-hydroxylation sites is 2. The molecule has 0 saturated carbocycles. The van der Waals surface area contributed by atoms with Crippen LogP contribution < -0.4 is 19.1 Å². The molecule has 0 atom stereocenters. The third-order valence-electron chi connectivity index (χ3n) is 4.06. The van der Waals surface area contributed by atoms with Crippen molar-refractivity contribution in [2.24, 2.45) is 0 Å². The predicted molar refractivity (Wildman–Crippen MR) is 113 cm³/mol. The number of benzene rings is 2. The van der Waals surface area contributed by atoms with Gasteiger partial charge in [0.2, 0.25) is 0 Å². The molecule has 7 nitrogen and oxygen atoms in total. The highest BCUT2D eigenvalue weighted by Crippen LogP contribution is 2.27. The highest BCUT2D eigenvalue weighted by Gasteiger charge is 2.22. The molecule has 3 rings (SSSR count). The Bertz CT molecular complexity index is 1060. The molecule has 0 bridgehead atoms. The van der Waals surface area contributed by atoms with Crippen molar-refractivity contribution in [3.05, 3.63) is 66.0 Å². The fourth-order valence-corrected chi connectivity index (χ4v) is 4.88. The Kier molecular flexibility index (Phi) is 6.40. The molecule has 0 fully saturated rings. The second kappa shape index (κ2) is 8.97. The summed E-state index contributed by atoms with van der Waals surface area (Å²) in [6.45, 7) is -0.194. The Morgan fingerprint density at radius 1 is 1.07 bits per heavy atom. The van der Waals surface area contributed by atoms with E-state index in [4.69, 9.17) is 9.47 Å². The number of amides is 1. The number of ether oxygens (including phenoxy) is 2. The van der Waals surface area contributed by atoms with Gasteiger partial charge < -0.3 is 14.8 Å². The molecule has 1 aromatic heterocycles. The maximum absolute atomic E-state index is 12.6. The number of nitrogens with zero attached hydrogens (tertiary/aromatic N) is 1. The third-order valence-corrected chi connectivity index (χ3v) is 7.22. The lowest BCUT2D eigenvalue weighted by Gasteiger charge is -2.18. The summed E-state index contributed by atoms with van der Waals surface area (Å²) in [5.74, 6) is 0.669. The van der Waals surface area contributed by atoms with Gasteiger partial charge in [0.1, 0.15) is 15.7 Å². The van der Waals surface area contributed by atoms with Crippen molar-refractivity contribution in [2.45, 2.75) is 4.21 Å². The minimum absolute atomic E-state index is 0.194. The van der Waals surface area contributed by atoms with Crippen LogP contribution in [-0.2, 0) is 14.8 Å². The summed E-state index contributed by atoms with van der Waals surface area (Å²) in [7, 11) is -0.575. The number of hydrogen-bond donors (Lipinski definition) is 1. The molecule has 0 aliphatic carbocycles. The quantitative estimate of drug-likeness (QED) is 0.588. The lowest BCUT2D eigenvalue weighted by Crippen LogP contribution is -2.25. The van der Waals surface area contributed by atoms with Crippen LogP contribution in [0.4, 0.5) is 11.4 Å². The van der Waals surface area contributed by atoms with Gasteiger partial charge in [-0.25, -0.2) is 8.42 Å². The first-order chi connectivity index (χ1) is 13.9. The van der Waals surface area contributed by atoms with E-state index in [0.717, 1.165) is 11.3 Å². The molecule has 1 N–H and O–H groups in total. The number of carbonyl (C=O) groups excluding carboxylic acids is 1. The average molecular weight is 433 g/mol. The molecule has 0 spiro atoms. The van der Waals surface area contributed by atoms with Crippen molar-refractivity contribution in [2.75, 3.05) is 30.4 Å². The van der Waals surface area contributed by atoms with Crippen molar-refractivity contribution in [3.8, 4) is 11.5 Å². The van der Waals surface area contributed by atoms with Crippen LogP contribution in [0.2, 0.25) is 0 Å². The smallest absolute Gasteiger partial charge is 0.273 e. The zero-order chi connectivity index (χ0) is 20.9. The minimum atomic E-state index is -3.59. The molecule has 1 amide bonds. The van der Waals surface area contributed by atoms with Gasteiger partial charge in [-0.1, -0.05) is 18.2 Å². The van der Waals surface area contributed by atoms with Gasteiger partial charge in [0.25, 0.3) is 15.9 Å². The number of thiophene rings is 1. The van der Waals surface area contributed by atoms with Crippen LogP contribution in [0.25, 0.3) is 0 Å².